The smallest absolute Gasteiger partial charge is 0.227 e. The lowest BCUT2D eigenvalue weighted by Gasteiger charge is -2.23. The van der Waals surface area contributed by atoms with E-state index < -0.39 is 0 Å². The highest BCUT2D eigenvalue weighted by Crippen LogP contribution is 2.58. The Bertz CT molecular complexity index is 638. The minimum atomic E-state index is -0.000557. The first-order valence-electron chi connectivity index (χ1n) is 9.42. The van der Waals surface area contributed by atoms with Crippen molar-refractivity contribution in [1.29, 1.82) is 0 Å². The molecule has 0 radical (unpaired) electrons. The van der Waals surface area contributed by atoms with E-state index in [9.17, 15) is 9.59 Å². The summed E-state index contributed by atoms with van der Waals surface area (Å²) in [4.78, 5) is 24.4. The molecular formula is C20H29N3O2. The van der Waals surface area contributed by atoms with Gasteiger partial charge < -0.3 is 16.0 Å². The van der Waals surface area contributed by atoms with Gasteiger partial charge in [-0.1, -0.05) is 26.0 Å². The van der Waals surface area contributed by atoms with Crippen LogP contribution in [0, 0.1) is 17.3 Å². The van der Waals surface area contributed by atoms with Gasteiger partial charge in [0.15, 0.2) is 0 Å². The third-order valence-electron chi connectivity index (χ3n) is 5.83. The first kappa shape index (κ1) is 17.9. The van der Waals surface area contributed by atoms with Crippen LogP contribution in [0.2, 0.25) is 0 Å². The summed E-state index contributed by atoms with van der Waals surface area (Å²) < 4.78 is 0. The van der Waals surface area contributed by atoms with Crippen molar-refractivity contribution in [2.75, 3.05) is 18.4 Å². The number of piperidine rings is 1. The van der Waals surface area contributed by atoms with Crippen molar-refractivity contribution in [3.05, 3.63) is 29.8 Å². The lowest BCUT2D eigenvalue weighted by Crippen LogP contribution is -2.33. The SMILES string of the molecule is CCC(C)C(=O)Nc1cccc(CNC(=O)C2CC23CCNCC3)c1. The van der Waals surface area contributed by atoms with Gasteiger partial charge in [0.05, 0.1) is 0 Å². The molecule has 1 aliphatic carbocycles. The van der Waals surface area contributed by atoms with Crippen LogP contribution in [0.3, 0.4) is 0 Å². The molecule has 1 saturated heterocycles. The summed E-state index contributed by atoms with van der Waals surface area (Å²) in [5.74, 6) is 0.396. The zero-order chi connectivity index (χ0) is 17.9. The van der Waals surface area contributed by atoms with Gasteiger partial charge in [0.2, 0.25) is 11.8 Å². The number of carbonyl (C=O) groups excluding carboxylic acids is 2. The van der Waals surface area contributed by atoms with Crippen molar-refractivity contribution in [2.45, 2.75) is 46.1 Å². The maximum Gasteiger partial charge on any atom is 0.227 e. The van der Waals surface area contributed by atoms with Gasteiger partial charge in [-0.2, -0.15) is 0 Å². The van der Waals surface area contributed by atoms with E-state index in [0.717, 1.165) is 50.0 Å². The summed E-state index contributed by atoms with van der Waals surface area (Å²) in [6.45, 7) is 6.50. The maximum atomic E-state index is 12.4. The third-order valence-corrected chi connectivity index (χ3v) is 5.83. The quantitative estimate of drug-likeness (QED) is 0.744. The molecule has 2 unspecified atom stereocenters. The number of amides is 2. The topological polar surface area (TPSA) is 70.2 Å². The molecule has 136 valence electrons. The molecule has 3 rings (SSSR count). The number of carbonyl (C=O) groups is 2. The van der Waals surface area contributed by atoms with Gasteiger partial charge in [-0.3, -0.25) is 9.59 Å². The second-order valence-electron chi connectivity index (χ2n) is 7.59. The van der Waals surface area contributed by atoms with E-state index in [-0.39, 0.29) is 29.1 Å². The standard InChI is InChI=1S/C20H29N3O2/c1-3-14(2)18(24)23-16-6-4-5-15(11-16)13-22-19(25)17-12-20(17)7-9-21-10-8-20/h4-6,11,14,17,21H,3,7-10,12-13H2,1-2H3,(H,22,25)(H,23,24). The van der Waals surface area contributed by atoms with E-state index in [0.29, 0.717) is 6.54 Å². The number of anilines is 1. The van der Waals surface area contributed by atoms with Crippen LogP contribution in [0.1, 0.15) is 45.1 Å². The number of nitrogens with one attached hydrogen (secondary N) is 3. The molecule has 3 N–H and O–H groups in total. The van der Waals surface area contributed by atoms with Crippen molar-refractivity contribution in [3.8, 4) is 0 Å². The Labute approximate surface area is 150 Å². The number of hydrogen-bond acceptors (Lipinski definition) is 3. The molecule has 1 aromatic rings. The van der Waals surface area contributed by atoms with Gasteiger partial charge in [-0.05, 0) is 61.9 Å². The third kappa shape index (κ3) is 4.21. The lowest BCUT2D eigenvalue weighted by atomic mass is 9.92. The molecule has 5 nitrogen and oxygen atoms in total. The molecule has 0 bridgehead atoms. The predicted octanol–water partition coefficient (Wildman–Crippen LogP) is 2.68. The van der Waals surface area contributed by atoms with Gasteiger partial charge in [0.25, 0.3) is 0 Å². The molecule has 2 atom stereocenters. The summed E-state index contributed by atoms with van der Waals surface area (Å²) in [6, 6.07) is 7.72. The molecule has 0 aromatic heterocycles. The molecule has 2 amide bonds. The van der Waals surface area contributed by atoms with Crippen LogP contribution < -0.4 is 16.0 Å². The van der Waals surface area contributed by atoms with E-state index in [1.807, 2.05) is 38.1 Å². The number of rotatable bonds is 6. The first-order valence-corrected chi connectivity index (χ1v) is 9.42. The zero-order valence-electron chi connectivity index (χ0n) is 15.2. The Morgan fingerprint density at radius 3 is 2.80 bits per heavy atom. The molecule has 25 heavy (non-hydrogen) atoms. The molecule has 1 spiro atoms. The Morgan fingerprint density at radius 2 is 2.08 bits per heavy atom. The molecule has 2 fully saturated rings. The Balaban J connectivity index is 1.51. The zero-order valence-corrected chi connectivity index (χ0v) is 15.2. The summed E-state index contributed by atoms with van der Waals surface area (Å²) in [5, 5.41) is 9.38. The second kappa shape index (κ2) is 7.56. The first-order chi connectivity index (χ1) is 12.0. The number of benzene rings is 1. The van der Waals surface area contributed by atoms with Crippen LogP contribution in [0.25, 0.3) is 0 Å². The van der Waals surface area contributed by atoms with Crippen LogP contribution in [0.5, 0.6) is 0 Å². The highest BCUT2D eigenvalue weighted by atomic mass is 16.2. The monoisotopic (exact) mass is 343 g/mol. The fraction of sp³-hybridized carbons (Fsp3) is 0.600. The van der Waals surface area contributed by atoms with E-state index in [2.05, 4.69) is 16.0 Å². The summed E-state index contributed by atoms with van der Waals surface area (Å²) in [6.07, 6.45) is 4.08. The largest absolute Gasteiger partial charge is 0.352 e. The molecule has 1 aliphatic heterocycles. The molecule has 2 aliphatic rings. The van der Waals surface area contributed by atoms with Crippen LogP contribution in [0.15, 0.2) is 24.3 Å². The van der Waals surface area contributed by atoms with Crippen molar-refractivity contribution in [1.82, 2.24) is 10.6 Å². The highest BCUT2D eigenvalue weighted by Gasteiger charge is 2.57. The highest BCUT2D eigenvalue weighted by molar-refractivity contribution is 5.92. The van der Waals surface area contributed by atoms with Crippen LogP contribution in [-0.2, 0) is 16.1 Å². The van der Waals surface area contributed by atoms with Crippen molar-refractivity contribution in [2.24, 2.45) is 17.3 Å². The normalized spacial score (nSPS) is 22.2. The second-order valence-corrected chi connectivity index (χ2v) is 7.59. The summed E-state index contributed by atoms with van der Waals surface area (Å²) in [5.41, 5.74) is 2.06. The van der Waals surface area contributed by atoms with E-state index in [4.69, 9.17) is 0 Å². The van der Waals surface area contributed by atoms with Gasteiger partial charge in [-0.25, -0.2) is 0 Å². The van der Waals surface area contributed by atoms with E-state index in [1.165, 1.54) is 0 Å². The molecular weight excluding hydrogens is 314 g/mol. The number of hydrogen-bond donors (Lipinski definition) is 3. The molecule has 1 aromatic carbocycles. The fourth-order valence-electron chi connectivity index (χ4n) is 3.72. The van der Waals surface area contributed by atoms with E-state index in [1.54, 1.807) is 0 Å². The van der Waals surface area contributed by atoms with Crippen molar-refractivity contribution in [3.63, 3.8) is 0 Å². The van der Waals surface area contributed by atoms with Gasteiger partial charge in [0, 0.05) is 24.1 Å². The van der Waals surface area contributed by atoms with Crippen LogP contribution in [-0.4, -0.2) is 24.9 Å². The molecule has 5 heteroatoms. The predicted molar refractivity (Wildman–Crippen MR) is 99.0 cm³/mol. The Morgan fingerprint density at radius 1 is 1.32 bits per heavy atom. The Hall–Kier alpha value is -1.88. The fourth-order valence-corrected chi connectivity index (χ4v) is 3.72. The molecule has 1 heterocycles. The average Bonchev–Trinajstić information content (AvgIpc) is 3.32. The summed E-state index contributed by atoms with van der Waals surface area (Å²) >= 11 is 0. The minimum Gasteiger partial charge on any atom is -0.352 e. The molecule has 1 saturated carbocycles. The van der Waals surface area contributed by atoms with Crippen molar-refractivity contribution >= 4 is 17.5 Å². The lowest BCUT2D eigenvalue weighted by molar-refractivity contribution is -0.123. The average molecular weight is 343 g/mol. The van der Waals surface area contributed by atoms with Crippen LogP contribution in [0.4, 0.5) is 5.69 Å². The minimum absolute atomic E-state index is 0.000557. The van der Waals surface area contributed by atoms with Gasteiger partial charge in [0.1, 0.15) is 0 Å². The van der Waals surface area contributed by atoms with Crippen molar-refractivity contribution < 1.29 is 9.59 Å². The van der Waals surface area contributed by atoms with Gasteiger partial charge in [-0.15, -0.1) is 0 Å². The Kier molecular flexibility index (Phi) is 5.42. The summed E-state index contributed by atoms with van der Waals surface area (Å²) in [7, 11) is 0. The maximum absolute atomic E-state index is 12.4. The van der Waals surface area contributed by atoms with Gasteiger partial charge >= 0.3 is 0 Å². The van der Waals surface area contributed by atoms with E-state index >= 15 is 0 Å². The van der Waals surface area contributed by atoms with Crippen LogP contribution >= 0.6 is 0 Å².